The van der Waals surface area contributed by atoms with E-state index in [9.17, 15) is 4.79 Å². The van der Waals surface area contributed by atoms with E-state index >= 15 is 0 Å². The SMILES string of the molecule is Cl.NCC1(c2ccccc2)CC1C(=O)O. The van der Waals surface area contributed by atoms with Gasteiger partial charge in [0.1, 0.15) is 0 Å². The third kappa shape index (κ3) is 1.85. The van der Waals surface area contributed by atoms with Gasteiger partial charge in [0.2, 0.25) is 0 Å². The quantitative estimate of drug-likeness (QED) is 0.821. The summed E-state index contributed by atoms with van der Waals surface area (Å²) in [5, 5.41) is 8.93. The van der Waals surface area contributed by atoms with Gasteiger partial charge < -0.3 is 10.8 Å². The van der Waals surface area contributed by atoms with Crippen molar-refractivity contribution in [2.75, 3.05) is 6.54 Å². The molecule has 4 heteroatoms. The highest BCUT2D eigenvalue weighted by Crippen LogP contribution is 2.53. The molecular weight excluding hydrogens is 214 g/mol. The normalized spacial score (nSPS) is 27.9. The fourth-order valence-corrected chi connectivity index (χ4v) is 2.06. The van der Waals surface area contributed by atoms with Crippen LogP contribution in [0.4, 0.5) is 0 Å². The monoisotopic (exact) mass is 227 g/mol. The highest BCUT2D eigenvalue weighted by Gasteiger charge is 2.58. The number of halogens is 1. The van der Waals surface area contributed by atoms with Gasteiger partial charge in [0.25, 0.3) is 0 Å². The molecule has 82 valence electrons. The van der Waals surface area contributed by atoms with Crippen LogP contribution in [0.2, 0.25) is 0 Å². The van der Waals surface area contributed by atoms with Crippen molar-refractivity contribution in [2.45, 2.75) is 11.8 Å². The van der Waals surface area contributed by atoms with E-state index in [2.05, 4.69) is 0 Å². The molecule has 2 atom stereocenters. The van der Waals surface area contributed by atoms with E-state index in [4.69, 9.17) is 10.8 Å². The second kappa shape index (κ2) is 4.21. The molecule has 3 nitrogen and oxygen atoms in total. The van der Waals surface area contributed by atoms with Crippen molar-refractivity contribution in [1.29, 1.82) is 0 Å². The van der Waals surface area contributed by atoms with Crippen LogP contribution >= 0.6 is 12.4 Å². The Kier molecular flexibility index (Phi) is 3.37. The van der Waals surface area contributed by atoms with Gasteiger partial charge in [-0.2, -0.15) is 0 Å². The fourth-order valence-electron chi connectivity index (χ4n) is 2.06. The van der Waals surface area contributed by atoms with E-state index < -0.39 is 5.97 Å². The van der Waals surface area contributed by atoms with Crippen molar-refractivity contribution in [3.05, 3.63) is 35.9 Å². The smallest absolute Gasteiger partial charge is 0.307 e. The molecule has 1 aliphatic carbocycles. The van der Waals surface area contributed by atoms with Gasteiger partial charge in [0.05, 0.1) is 5.92 Å². The van der Waals surface area contributed by atoms with E-state index in [1.807, 2.05) is 30.3 Å². The molecule has 1 saturated carbocycles. The van der Waals surface area contributed by atoms with Gasteiger partial charge in [-0.3, -0.25) is 4.79 Å². The molecular formula is C11H14ClNO2. The summed E-state index contributed by atoms with van der Waals surface area (Å²) in [4.78, 5) is 10.9. The Bertz CT molecular complexity index is 355. The standard InChI is InChI=1S/C11H13NO2.ClH/c12-7-11(6-9(11)10(13)14)8-4-2-1-3-5-8;/h1-5,9H,6-7,12H2,(H,13,14);1H. The van der Waals surface area contributed by atoms with Crippen molar-refractivity contribution in [3.8, 4) is 0 Å². The van der Waals surface area contributed by atoms with Crippen LogP contribution in [0.5, 0.6) is 0 Å². The molecule has 0 spiro atoms. The first-order valence-corrected chi connectivity index (χ1v) is 4.69. The lowest BCUT2D eigenvalue weighted by Gasteiger charge is -2.13. The molecule has 0 aromatic heterocycles. The minimum atomic E-state index is -0.737. The zero-order valence-corrected chi connectivity index (χ0v) is 9.04. The molecule has 15 heavy (non-hydrogen) atoms. The first-order chi connectivity index (χ1) is 6.70. The van der Waals surface area contributed by atoms with Crippen molar-refractivity contribution in [3.63, 3.8) is 0 Å². The van der Waals surface area contributed by atoms with Gasteiger partial charge in [0.15, 0.2) is 0 Å². The van der Waals surface area contributed by atoms with Crippen LogP contribution in [0.15, 0.2) is 30.3 Å². The average Bonchev–Trinajstić information content (AvgIpc) is 2.95. The minimum absolute atomic E-state index is 0. The van der Waals surface area contributed by atoms with Gasteiger partial charge >= 0.3 is 5.97 Å². The number of aliphatic carboxylic acids is 1. The summed E-state index contributed by atoms with van der Waals surface area (Å²) in [5.41, 5.74) is 6.42. The minimum Gasteiger partial charge on any atom is -0.481 e. The molecule has 0 saturated heterocycles. The highest BCUT2D eigenvalue weighted by atomic mass is 35.5. The number of nitrogens with two attached hydrogens (primary N) is 1. The molecule has 0 aliphatic heterocycles. The molecule has 1 aliphatic rings. The van der Waals surface area contributed by atoms with Crippen LogP contribution in [0, 0.1) is 5.92 Å². The summed E-state index contributed by atoms with van der Waals surface area (Å²) in [7, 11) is 0. The first-order valence-electron chi connectivity index (χ1n) is 4.69. The van der Waals surface area contributed by atoms with E-state index in [0.717, 1.165) is 5.56 Å². The number of rotatable bonds is 3. The molecule has 0 bridgehead atoms. The van der Waals surface area contributed by atoms with Crippen LogP contribution in [0.25, 0.3) is 0 Å². The van der Waals surface area contributed by atoms with Crippen LogP contribution in [0.1, 0.15) is 12.0 Å². The summed E-state index contributed by atoms with van der Waals surface area (Å²) < 4.78 is 0. The number of carbonyl (C=O) groups is 1. The van der Waals surface area contributed by atoms with E-state index in [-0.39, 0.29) is 23.7 Å². The van der Waals surface area contributed by atoms with Gasteiger partial charge in [0, 0.05) is 12.0 Å². The summed E-state index contributed by atoms with van der Waals surface area (Å²) in [5.74, 6) is -1.03. The Morgan fingerprint density at radius 3 is 2.47 bits per heavy atom. The first kappa shape index (κ1) is 12.0. The molecule has 2 unspecified atom stereocenters. The number of carboxylic acid groups (broad SMARTS) is 1. The van der Waals surface area contributed by atoms with Crippen LogP contribution in [0.3, 0.4) is 0 Å². The van der Waals surface area contributed by atoms with Crippen molar-refractivity contribution in [1.82, 2.24) is 0 Å². The van der Waals surface area contributed by atoms with Gasteiger partial charge in [-0.1, -0.05) is 30.3 Å². The number of hydrogen-bond acceptors (Lipinski definition) is 2. The zero-order valence-electron chi connectivity index (χ0n) is 8.22. The number of hydrogen-bond donors (Lipinski definition) is 2. The second-order valence-electron chi connectivity index (χ2n) is 3.82. The maximum absolute atomic E-state index is 10.9. The lowest BCUT2D eigenvalue weighted by atomic mass is 9.93. The Morgan fingerprint density at radius 2 is 2.07 bits per heavy atom. The summed E-state index contributed by atoms with van der Waals surface area (Å²) in [6.45, 7) is 0.411. The van der Waals surface area contributed by atoms with Crippen molar-refractivity contribution in [2.24, 2.45) is 11.7 Å². The molecule has 2 rings (SSSR count). The fraction of sp³-hybridized carbons (Fsp3) is 0.364. The third-order valence-electron chi connectivity index (χ3n) is 3.09. The lowest BCUT2D eigenvalue weighted by Crippen LogP contribution is -2.24. The van der Waals surface area contributed by atoms with Crippen LogP contribution < -0.4 is 5.73 Å². The van der Waals surface area contributed by atoms with Crippen LogP contribution in [-0.2, 0) is 10.2 Å². The lowest BCUT2D eigenvalue weighted by molar-refractivity contribution is -0.139. The number of carboxylic acids is 1. The zero-order chi connectivity index (χ0) is 10.2. The topological polar surface area (TPSA) is 63.3 Å². The van der Waals surface area contributed by atoms with Gasteiger partial charge in [-0.25, -0.2) is 0 Å². The summed E-state index contributed by atoms with van der Waals surface area (Å²) >= 11 is 0. The van der Waals surface area contributed by atoms with Gasteiger partial charge in [-0.15, -0.1) is 12.4 Å². The molecule has 1 aromatic rings. The van der Waals surface area contributed by atoms with E-state index in [0.29, 0.717) is 13.0 Å². The summed E-state index contributed by atoms with van der Waals surface area (Å²) in [6.07, 6.45) is 0.669. The highest BCUT2D eigenvalue weighted by molar-refractivity contribution is 5.85. The molecule has 0 heterocycles. The predicted molar refractivity (Wildman–Crippen MR) is 60.2 cm³/mol. The maximum Gasteiger partial charge on any atom is 0.307 e. The van der Waals surface area contributed by atoms with Gasteiger partial charge in [-0.05, 0) is 12.0 Å². The van der Waals surface area contributed by atoms with E-state index in [1.165, 1.54) is 0 Å². The molecule has 0 radical (unpaired) electrons. The number of benzene rings is 1. The van der Waals surface area contributed by atoms with Crippen LogP contribution in [-0.4, -0.2) is 17.6 Å². The molecule has 1 fully saturated rings. The second-order valence-corrected chi connectivity index (χ2v) is 3.82. The Balaban J connectivity index is 0.00000112. The average molecular weight is 228 g/mol. The molecule has 3 N–H and O–H groups in total. The Hall–Kier alpha value is -1.06. The van der Waals surface area contributed by atoms with E-state index in [1.54, 1.807) is 0 Å². The Labute approximate surface area is 94.7 Å². The molecule has 0 amide bonds. The van der Waals surface area contributed by atoms with Crippen molar-refractivity contribution < 1.29 is 9.90 Å². The van der Waals surface area contributed by atoms with Crippen molar-refractivity contribution >= 4 is 18.4 Å². The predicted octanol–water partition coefficient (Wildman–Crippen LogP) is 1.41. The largest absolute Gasteiger partial charge is 0.481 e. The molecule has 1 aromatic carbocycles. The third-order valence-corrected chi connectivity index (χ3v) is 3.09. The maximum atomic E-state index is 10.9. The summed E-state index contributed by atoms with van der Waals surface area (Å²) in [6, 6.07) is 9.67. The Morgan fingerprint density at radius 1 is 1.47 bits per heavy atom.